The predicted octanol–water partition coefficient (Wildman–Crippen LogP) is 2.11. The third-order valence-electron chi connectivity index (χ3n) is 5.91. The van der Waals surface area contributed by atoms with Crippen LogP contribution in [0.4, 0.5) is 0 Å². The van der Waals surface area contributed by atoms with E-state index in [1.54, 1.807) is 11.8 Å². The maximum absolute atomic E-state index is 13.3. The third kappa shape index (κ3) is 5.75. The van der Waals surface area contributed by atoms with E-state index in [0.29, 0.717) is 19.5 Å². The summed E-state index contributed by atoms with van der Waals surface area (Å²) in [6.45, 7) is 4.01. The standard InChI is InChI=1S/C24H31N3O4S/c1-19-11-13-21(14-12-19)16-25-23(29)24(2)18-26(32(3,30)31)17-22(28)27(24)15-7-10-20-8-5-4-6-9-20/h4-6,8-9,11-14H,7,10,15-18H2,1-3H3,(H,25,29). The molecule has 8 heteroatoms. The van der Waals surface area contributed by atoms with Crippen LogP contribution in [-0.2, 0) is 32.6 Å². The van der Waals surface area contributed by atoms with Gasteiger partial charge in [-0.1, -0.05) is 60.2 Å². The van der Waals surface area contributed by atoms with Crippen molar-refractivity contribution in [3.05, 3.63) is 71.3 Å². The SMILES string of the molecule is Cc1ccc(CNC(=O)C2(C)CN(S(C)(=O)=O)CC(=O)N2CCCc2ccccc2)cc1. The van der Waals surface area contributed by atoms with Gasteiger partial charge in [0.1, 0.15) is 5.54 Å². The quantitative estimate of drug-likeness (QED) is 0.658. The third-order valence-corrected chi connectivity index (χ3v) is 7.11. The Morgan fingerprint density at radius 1 is 1.06 bits per heavy atom. The van der Waals surface area contributed by atoms with Crippen LogP contribution < -0.4 is 5.32 Å². The first-order valence-corrected chi connectivity index (χ1v) is 12.6. The normalized spacial score (nSPS) is 19.7. The zero-order valence-electron chi connectivity index (χ0n) is 18.9. The molecule has 1 aliphatic rings. The lowest BCUT2D eigenvalue weighted by Gasteiger charge is -2.46. The Bertz CT molecular complexity index is 1050. The summed E-state index contributed by atoms with van der Waals surface area (Å²) < 4.78 is 25.5. The number of carbonyl (C=O) groups excluding carboxylic acids is 2. The molecule has 0 bridgehead atoms. The van der Waals surface area contributed by atoms with Gasteiger partial charge in [-0.2, -0.15) is 4.31 Å². The molecule has 1 atom stereocenters. The van der Waals surface area contributed by atoms with Crippen LogP contribution in [-0.4, -0.2) is 60.9 Å². The number of rotatable bonds is 8. The molecule has 2 aromatic carbocycles. The Balaban J connectivity index is 1.76. The van der Waals surface area contributed by atoms with Crippen molar-refractivity contribution in [2.75, 3.05) is 25.9 Å². The molecule has 0 aliphatic carbocycles. The fraction of sp³-hybridized carbons (Fsp3) is 0.417. The first kappa shape index (κ1) is 23.9. The molecule has 1 heterocycles. The zero-order valence-corrected chi connectivity index (χ0v) is 19.7. The van der Waals surface area contributed by atoms with Crippen LogP contribution in [0.5, 0.6) is 0 Å². The summed E-state index contributed by atoms with van der Waals surface area (Å²) in [5, 5.41) is 2.90. The van der Waals surface area contributed by atoms with Crippen LogP contribution in [0, 0.1) is 6.92 Å². The van der Waals surface area contributed by atoms with Crippen LogP contribution in [0.3, 0.4) is 0 Å². The molecule has 1 N–H and O–H groups in total. The highest BCUT2D eigenvalue weighted by atomic mass is 32.2. The van der Waals surface area contributed by atoms with Gasteiger partial charge in [0.05, 0.1) is 12.8 Å². The number of hydrogen-bond acceptors (Lipinski definition) is 4. The number of aryl methyl sites for hydroxylation is 2. The molecule has 0 aromatic heterocycles. The number of nitrogens with one attached hydrogen (secondary N) is 1. The number of benzene rings is 2. The van der Waals surface area contributed by atoms with Gasteiger partial charge in [-0.3, -0.25) is 9.59 Å². The van der Waals surface area contributed by atoms with E-state index >= 15 is 0 Å². The van der Waals surface area contributed by atoms with Gasteiger partial charge in [-0.05, 0) is 37.8 Å². The van der Waals surface area contributed by atoms with Gasteiger partial charge >= 0.3 is 0 Å². The fourth-order valence-electron chi connectivity index (χ4n) is 3.96. The van der Waals surface area contributed by atoms with E-state index in [0.717, 1.165) is 33.7 Å². The summed E-state index contributed by atoms with van der Waals surface area (Å²) in [5.74, 6) is -0.720. The highest BCUT2D eigenvalue weighted by molar-refractivity contribution is 7.88. The maximum Gasteiger partial charge on any atom is 0.247 e. The van der Waals surface area contributed by atoms with Crippen LogP contribution in [0.1, 0.15) is 30.0 Å². The summed E-state index contributed by atoms with van der Waals surface area (Å²) in [5.41, 5.74) is 1.92. The average Bonchev–Trinajstić information content (AvgIpc) is 2.75. The number of amides is 2. The first-order chi connectivity index (χ1) is 15.1. The minimum absolute atomic E-state index is 0.0668. The van der Waals surface area contributed by atoms with Gasteiger partial charge < -0.3 is 10.2 Å². The van der Waals surface area contributed by atoms with E-state index in [1.165, 1.54) is 0 Å². The molecule has 2 aromatic rings. The van der Waals surface area contributed by atoms with Crippen LogP contribution in [0.15, 0.2) is 54.6 Å². The van der Waals surface area contributed by atoms with Crippen molar-refractivity contribution in [1.29, 1.82) is 0 Å². The number of hydrogen-bond donors (Lipinski definition) is 1. The Kier molecular flexibility index (Phi) is 7.36. The second-order valence-corrected chi connectivity index (χ2v) is 10.6. The van der Waals surface area contributed by atoms with Crippen molar-refractivity contribution in [1.82, 2.24) is 14.5 Å². The van der Waals surface area contributed by atoms with Crippen LogP contribution in [0.2, 0.25) is 0 Å². The molecule has 3 rings (SSSR count). The van der Waals surface area contributed by atoms with Gasteiger partial charge in [0.25, 0.3) is 0 Å². The topological polar surface area (TPSA) is 86.8 Å². The Morgan fingerprint density at radius 3 is 2.34 bits per heavy atom. The fourth-order valence-corrected chi connectivity index (χ4v) is 4.79. The molecule has 7 nitrogen and oxygen atoms in total. The van der Waals surface area contributed by atoms with Gasteiger partial charge in [0.2, 0.25) is 21.8 Å². The van der Waals surface area contributed by atoms with Crippen LogP contribution >= 0.6 is 0 Å². The number of carbonyl (C=O) groups is 2. The van der Waals surface area contributed by atoms with E-state index in [4.69, 9.17) is 0 Å². The lowest BCUT2D eigenvalue weighted by molar-refractivity contribution is -0.152. The van der Waals surface area contributed by atoms with Crippen molar-refractivity contribution < 1.29 is 18.0 Å². The largest absolute Gasteiger partial charge is 0.350 e. The molecule has 1 fully saturated rings. The monoisotopic (exact) mass is 457 g/mol. The highest BCUT2D eigenvalue weighted by Crippen LogP contribution is 2.25. The summed E-state index contributed by atoms with van der Waals surface area (Å²) >= 11 is 0. The Morgan fingerprint density at radius 2 is 1.72 bits per heavy atom. The lowest BCUT2D eigenvalue weighted by atomic mass is 9.94. The number of nitrogens with zero attached hydrogens (tertiary/aromatic N) is 2. The van der Waals surface area contributed by atoms with Crippen LogP contribution in [0.25, 0.3) is 0 Å². The van der Waals surface area contributed by atoms with Gasteiger partial charge in [-0.15, -0.1) is 0 Å². The maximum atomic E-state index is 13.3. The molecule has 2 amide bonds. The summed E-state index contributed by atoms with van der Waals surface area (Å²) in [6, 6.07) is 17.7. The van der Waals surface area contributed by atoms with Crippen molar-refractivity contribution >= 4 is 21.8 Å². The molecule has 172 valence electrons. The van der Waals surface area contributed by atoms with Crippen molar-refractivity contribution in [3.63, 3.8) is 0 Å². The Hall–Kier alpha value is -2.71. The van der Waals surface area contributed by atoms with Crippen molar-refractivity contribution in [2.45, 2.75) is 38.8 Å². The van der Waals surface area contributed by atoms with Gasteiger partial charge in [0.15, 0.2) is 0 Å². The zero-order chi connectivity index (χ0) is 23.4. The smallest absolute Gasteiger partial charge is 0.247 e. The predicted molar refractivity (Wildman–Crippen MR) is 124 cm³/mol. The summed E-state index contributed by atoms with van der Waals surface area (Å²) in [4.78, 5) is 27.8. The first-order valence-electron chi connectivity index (χ1n) is 10.7. The summed E-state index contributed by atoms with van der Waals surface area (Å²) in [7, 11) is -3.62. The average molecular weight is 458 g/mol. The van der Waals surface area contributed by atoms with Crippen molar-refractivity contribution in [3.8, 4) is 0 Å². The van der Waals surface area contributed by atoms with Gasteiger partial charge in [-0.25, -0.2) is 8.42 Å². The lowest BCUT2D eigenvalue weighted by Crippen LogP contribution is -2.69. The van der Waals surface area contributed by atoms with Gasteiger partial charge in [0, 0.05) is 19.6 Å². The molecule has 1 saturated heterocycles. The molecular formula is C24H31N3O4S. The van der Waals surface area contributed by atoms with Crippen molar-refractivity contribution in [2.24, 2.45) is 0 Å². The molecule has 0 saturated carbocycles. The summed E-state index contributed by atoms with van der Waals surface area (Å²) in [6.07, 6.45) is 2.51. The van der Waals surface area contributed by atoms with E-state index in [-0.39, 0.29) is 24.9 Å². The number of sulfonamides is 1. The second-order valence-electron chi connectivity index (χ2n) is 8.61. The Labute approximate surface area is 190 Å². The minimum atomic E-state index is -3.62. The molecule has 1 aliphatic heterocycles. The molecule has 1 unspecified atom stereocenters. The molecule has 0 radical (unpaired) electrons. The van der Waals surface area contributed by atoms with E-state index in [2.05, 4.69) is 5.32 Å². The number of piperazine rings is 1. The molecule has 32 heavy (non-hydrogen) atoms. The minimum Gasteiger partial charge on any atom is -0.350 e. The molecule has 0 spiro atoms. The van der Waals surface area contributed by atoms with E-state index in [9.17, 15) is 18.0 Å². The molecular weight excluding hydrogens is 426 g/mol. The van der Waals surface area contributed by atoms with E-state index < -0.39 is 15.6 Å². The van der Waals surface area contributed by atoms with E-state index in [1.807, 2.05) is 61.5 Å². The second kappa shape index (κ2) is 9.83. The highest BCUT2D eigenvalue weighted by Gasteiger charge is 2.49.